The summed E-state index contributed by atoms with van der Waals surface area (Å²) in [5.74, 6) is 0.740. The standard InChI is InChI=1S/C39H49N3O3S/c1-28-20-22-33(23-21-28)46(44)36-26-32(45-2)25-34(38-35-19-12-24-40(35)27-41(38)29-13-6-3-7-14-29)37(36)39(43)42(30-15-8-4-9-16-30)31-17-10-5-11-18-31/h3,6-7,13-14,20-23,25-26,30-31,35,38H,4-5,8-12,15-19,24,27H2,1-2H3/t35-,38?,46?/m0/s1. The van der Waals surface area contributed by atoms with E-state index in [9.17, 15) is 4.21 Å². The van der Waals surface area contributed by atoms with E-state index in [-0.39, 0.29) is 30.1 Å². The fraction of sp³-hybridized carbons (Fsp3) is 0.513. The molecule has 3 atom stereocenters. The van der Waals surface area contributed by atoms with Gasteiger partial charge < -0.3 is 14.5 Å². The molecule has 2 aliphatic carbocycles. The van der Waals surface area contributed by atoms with E-state index in [1.54, 1.807) is 7.11 Å². The molecule has 2 saturated heterocycles. The molecule has 2 saturated carbocycles. The number of anilines is 1. The third kappa shape index (κ3) is 6.13. The van der Waals surface area contributed by atoms with Gasteiger partial charge in [-0.25, -0.2) is 4.21 Å². The maximum atomic E-state index is 15.6. The lowest BCUT2D eigenvalue weighted by atomic mass is 9.86. The van der Waals surface area contributed by atoms with Crippen LogP contribution in [0.2, 0.25) is 0 Å². The highest BCUT2D eigenvalue weighted by atomic mass is 32.2. The van der Waals surface area contributed by atoms with Crippen LogP contribution in [0.4, 0.5) is 5.69 Å². The number of methoxy groups -OCH3 is 1. The third-order valence-electron chi connectivity index (χ3n) is 11.0. The average molecular weight is 640 g/mol. The number of ether oxygens (including phenoxy) is 1. The summed E-state index contributed by atoms with van der Waals surface area (Å²) in [4.78, 5) is 24.2. The molecule has 0 radical (unpaired) electrons. The molecule has 6 nitrogen and oxygen atoms in total. The second-order valence-electron chi connectivity index (χ2n) is 13.9. The van der Waals surface area contributed by atoms with Crippen LogP contribution >= 0.6 is 0 Å². The van der Waals surface area contributed by atoms with Crippen LogP contribution in [0.3, 0.4) is 0 Å². The van der Waals surface area contributed by atoms with Crippen molar-refractivity contribution >= 4 is 22.4 Å². The molecular weight excluding hydrogens is 591 g/mol. The lowest BCUT2D eigenvalue weighted by Crippen LogP contribution is -2.49. The highest BCUT2D eigenvalue weighted by Gasteiger charge is 2.46. The maximum Gasteiger partial charge on any atom is 0.255 e. The number of fused-ring (bicyclic) bond motifs is 1. The number of hydrogen-bond donors (Lipinski definition) is 0. The molecule has 3 aromatic carbocycles. The summed E-state index contributed by atoms with van der Waals surface area (Å²) in [7, 11) is 0.124. The molecule has 2 unspecified atom stereocenters. The van der Waals surface area contributed by atoms with Crippen molar-refractivity contribution in [3.63, 3.8) is 0 Å². The smallest absolute Gasteiger partial charge is 0.255 e. The number of carbonyl (C=O) groups is 1. The predicted octanol–water partition coefficient (Wildman–Crippen LogP) is 8.26. The molecule has 7 heteroatoms. The van der Waals surface area contributed by atoms with Gasteiger partial charge in [-0.05, 0) is 87.4 Å². The van der Waals surface area contributed by atoms with Gasteiger partial charge in [0.1, 0.15) is 5.75 Å². The molecule has 4 aliphatic rings. The molecule has 0 N–H and O–H groups in total. The summed E-state index contributed by atoms with van der Waals surface area (Å²) in [5, 5.41) is 0. The van der Waals surface area contributed by atoms with Crippen LogP contribution in [0.1, 0.15) is 105 Å². The van der Waals surface area contributed by atoms with Crippen LogP contribution in [-0.4, -0.2) is 58.4 Å². The van der Waals surface area contributed by atoms with Crippen molar-refractivity contribution in [3.05, 3.63) is 83.4 Å². The van der Waals surface area contributed by atoms with Crippen molar-refractivity contribution in [1.82, 2.24) is 9.80 Å². The van der Waals surface area contributed by atoms with Crippen molar-refractivity contribution in [2.45, 2.75) is 118 Å². The van der Waals surface area contributed by atoms with Gasteiger partial charge in [0.2, 0.25) is 0 Å². The molecule has 0 aromatic heterocycles. The summed E-state index contributed by atoms with van der Waals surface area (Å²) >= 11 is 0. The monoisotopic (exact) mass is 639 g/mol. The molecule has 3 aromatic rings. The van der Waals surface area contributed by atoms with E-state index in [4.69, 9.17) is 4.74 Å². The lowest BCUT2D eigenvalue weighted by molar-refractivity contribution is 0.0443. The number of amides is 1. The van der Waals surface area contributed by atoms with Crippen molar-refractivity contribution < 1.29 is 13.7 Å². The van der Waals surface area contributed by atoms with Gasteiger partial charge in [0.25, 0.3) is 5.91 Å². The van der Waals surface area contributed by atoms with E-state index in [0.29, 0.717) is 16.2 Å². The van der Waals surface area contributed by atoms with E-state index >= 15 is 4.79 Å². The zero-order chi connectivity index (χ0) is 31.6. The van der Waals surface area contributed by atoms with Crippen molar-refractivity contribution in [2.75, 3.05) is 25.2 Å². The number of rotatable bonds is 8. The lowest BCUT2D eigenvalue weighted by Gasteiger charge is -2.43. The third-order valence-corrected chi connectivity index (χ3v) is 12.4. The molecule has 1 amide bonds. The number of hydrogen-bond acceptors (Lipinski definition) is 5. The molecule has 46 heavy (non-hydrogen) atoms. The Morgan fingerprint density at radius 2 is 1.48 bits per heavy atom. The normalized spacial score (nSPS) is 23.3. The van der Waals surface area contributed by atoms with Crippen LogP contribution < -0.4 is 9.64 Å². The van der Waals surface area contributed by atoms with Crippen LogP contribution in [0.25, 0.3) is 0 Å². The molecule has 0 spiro atoms. The summed E-state index contributed by atoms with van der Waals surface area (Å²) in [6, 6.07) is 23.2. The number of benzene rings is 3. The Morgan fingerprint density at radius 1 is 0.826 bits per heavy atom. The quantitative estimate of drug-likeness (QED) is 0.248. The number of nitrogens with zero attached hydrogens (tertiary/aromatic N) is 3. The van der Waals surface area contributed by atoms with Gasteiger partial charge in [-0.2, -0.15) is 0 Å². The van der Waals surface area contributed by atoms with Crippen molar-refractivity contribution in [3.8, 4) is 5.75 Å². The molecule has 0 bridgehead atoms. The van der Waals surface area contributed by atoms with Gasteiger partial charge in [0.05, 0.1) is 41.1 Å². The first-order valence-electron chi connectivity index (χ1n) is 17.6. The molecule has 7 rings (SSSR count). The maximum absolute atomic E-state index is 15.6. The highest BCUT2D eigenvalue weighted by molar-refractivity contribution is 7.85. The van der Waals surface area contributed by atoms with E-state index in [0.717, 1.165) is 73.4 Å². The second-order valence-corrected chi connectivity index (χ2v) is 15.3. The molecule has 2 aliphatic heterocycles. The Balaban J connectivity index is 1.43. The van der Waals surface area contributed by atoms with Gasteiger partial charge in [0, 0.05) is 35.3 Å². The van der Waals surface area contributed by atoms with Crippen molar-refractivity contribution in [1.29, 1.82) is 0 Å². The largest absolute Gasteiger partial charge is 0.497 e. The fourth-order valence-corrected chi connectivity index (χ4v) is 9.97. The van der Waals surface area contributed by atoms with Gasteiger partial charge >= 0.3 is 0 Å². The zero-order valence-corrected chi connectivity index (χ0v) is 28.4. The first-order valence-corrected chi connectivity index (χ1v) is 18.8. The Bertz CT molecular complexity index is 1510. The Kier molecular flexibility index (Phi) is 9.50. The Labute approximate surface area is 277 Å². The SMILES string of the molecule is COc1cc(C2[C@@H]3CCCN3CN2c2ccccc2)c(C(=O)N(C2CCCCC2)C2CCCCC2)c(S(=O)c2ccc(C)cc2)c1. The van der Waals surface area contributed by atoms with Crippen LogP contribution in [0.5, 0.6) is 5.75 Å². The minimum absolute atomic E-state index is 0.0488. The predicted molar refractivity (Wildman–Crippen MR) is 185 cm³/mol. The van der Waals surface area contributed by atoms with E-state index in [2.05, 4.69) is 51.1 Å². The van der Waals surface area contributed by atoms with Crippen LogP contribution in [0.15, 0.2) is 76.5 Å². The highest BCUT2D eigenvalue weighted by Crippen LogP contribution is 2.46. The van der Waals surface area contributed by atoms with Gasteiger partial charge in [-0.1, -0.05) is 74.4 Å². The fourth-order valence-electron chi connectivity index (χ4n) is 8.72. The minimum atomic E-state index is -1.56. The molecule has 4 fully saturated rings. The second kappa shape index (κ2) is 13.9. The molecule has 244 valence electrons. The Morgan fingerprint density at radius 3 is 2.11 bits per heavy atom. The zero-order valence-electron chi connectivity index (χ0n) is 27.5. The minimum Gasteiger partial charge on any atom is -0.497 e. The van der Waals surface area contributed by atoms with Crippen LogP contribution in [-0.2, 0) is 10.8 Å². The number of aryl methyl sites for hydroxylation is 1. The summed E-state index contributed by atoms with van der Waals surface area (Å²) in [5.41, 5.74) is 3.89. The van der Waals surface area contributed by atoms with Gasteiger partial charge in [-0.3, -0.25) is 9.69 Å². The first-order chi connectivity index (χ1) is 22.5. The summed E-state index contributed by atoms with van der Waals surface area (Å²) < 4.78 is 20.7. The van der Waals surface area contributed by atoms with E-state index < -0.39 is 10.8 Å². The number of carbonyl (C=O) groups excluding carboxylic acids is 1. The molecule has 2 heterocycles. The Hall–Kier alpha value is -3.16. The van der Waals surface area contributed by atoms with Gasteiger partial charge in [-0.15, -0.1) is 0 Å². The van der Waals surface area contributed by atoms with Crippen molar-refractivity contribution in [2.24, 2.45) is 0 Å². The van der Waals surface area contributed by atoms with Gasteiger partial charge in [0.15, 0.2) is 0 Å². The average Bonchev–Trinajstić information content (AvgIpc) is 3.71. The molecular formula is C39H49N3O3S. The van der Waals surface area contributed by atoms with Crippen LogP contribution in [0, 0.1) is 6.92 Å². The van der Waals surface area contributed by atoms with E-state index in [1.807, 2.05) is 37.3 Å². The van der Waals surface area contributed by atoms with E-state index in [1.165, 1.54) is 38.5 Å². The number of para-hydroxylation sites is 1. The summed E-state index contributed by atoms with van der Waals surface area (Å²) in [6.07, 6.45) is 13.6. The first kappa shape index (κ1) is 31.4. The topological polar surface area (TPSA) is 53.1 Å². The summed E-state index contributed by atoms with van der Waals surface area (Å²) in [6.45, 7) is 3.91.